The van der Waals surface area contributed by atoms with Gasteiger partial charge in [-0.25, -0.2) is 13.1 Å². The van der Waals surface area contributed by atoms with Crippen molar-refractivity contribution in [2.75, 3.05) is 19.8 Å². The first-order chi connectivity index (χ1) is 12.5. The van der Waals surface area contributed by atoms with Crippen molar-refractivity contribution in [3.63, 3.8) is 0 Å². The van der Waals surface area contributed by atoms with Crippen molar-refractivity contribution < 1.29 is 23.0 Å². The van der Waals surface area contributed by atoms with E-state index in [1.165, 1.54) is 12.1 Å². The standard InChI is InChI=1S/C19H21NO5S/c21-19(15-6-7-15,14-4-2-1-3-5-14)13-20-26(22,23)16-8-9-17-18(12-16)25-11-10-24-17/h1-5,8-9,12,15,20-21H,6-7,10-11,13H2/t19-/m1/s1. The third-order valence-corrected chi connectivity index (χ3v) is 6.28. The Morgan fingerprint density at radius 1 is 1.04 bits per heavy atom. The Hall–Kier alpha value is -2.09. The number of sulfonamides is 1. The monoisotopic (exact) mass is 375 g/mol. The van der Waals surface area contributed by atoms with Crippen LogP contribution >= 0.6 is 0 Å². The molecule has 4 rings (SSSR count). The Morgan fingerprint density at radius 3 is 2.42 bits per heavy atom. The molecule has 0 radical (unpaired) electrons. The molecule has 0 saturated heterocycles. The van der Waals surface area contributed by atoms with E-state index in [0.717, 1.165) is 18.4 Å². The minimum atomic E-state index is -3.79. The molecule has 0 unspecified atom stereocenters. The predicted octanol–water partition coefficient (Wildman–Crippen LogP) is 2.03. The summed E-state index contributed by atoms with van der Waals surface area (Å²) in [5.74, 6) is 1.02. The van der Waals surface area contributed by atoms with Crippen molar-refractivity contribution in [1.82, 2.24) is 4.72 Å². The summed E-state index contributed by atoms with van der Waals surface area (Å²) >= 11 is 0. The first kappa shape index (κ1) is 17.3. The molecule has 1 heterocycles. The molecule has 1 aliphatic heterocycles. The van der Waals surface area contributed by atoms with Gasteiger partial charge in [-0.2, -0.15) is 0 Å². The molecule has 2 aromatic rings. The number of ether oxygens (including phenoxy) is 2. The fourth-order valence-corrected chi connectivity index (χ4v) is 4.34. The summed E-state index contributed by atoms with van der Waals surface area (Å²) in [6, 6.07) is 13.7. The number of hydrogen-bond donors (Lipinski definition) is 2. The van der Waals surface area contributed by atoms with E-state index in [1.54, 1.807) is 6.07 Å². The normalized spacial score (nSPS) is 19.0. The molecule has 0 bridgehead atoms. The summed E-state index contributed by atoms with van der Waals surface area (Å²) in [5.41, 5.74) is -0.477. The van der Waals surface area contributed by atoms with Crippen molar-refractivity contribution in [2.45, 2.75) is 23.3 Å². The number of nitrogens with one attached hydrogen (secondary N) is 1. The van der Waals surface area contributed by atoms with Gasteiger partial charge < -0.3 is 14.6 Å². The minimum Gasteiger partial charge on any atom is -0.486 e. The molecule has 26 heavy (non-hydrogen) atoms. The molecule has 6 nitrogen and oxygen atoms in total. The lowest BCUT2D eigenvalue weighted by Crippen LogP contribution is -2.42. The summed E-state index contributed by atoms with van der Waals surface area (Å²) in [6.45, 7) is 0.765. The first-order valence-corrected chi connectivity index (χ1v) is 10.1. The molecular weight excluding hydrogens is 354 g/mol. The maximum Gasteiger partial charge on any atom is 0.240 e. The largest absolute Gasteiger partial charge is 0.486 e. The SMILES string of the molecule is O=S(=O)(NC[C@@](O)(c1ccccc1)C1CC1)c1ccc2c(c1)OCCO2. The van der Waals surface area contributed by atoms with Gasteiger partial charge in [0.2, 0.25) is 10.0 Å². The number of benzene rings is 2. The summed E-state index contributed by atoms with van der Waals surface area (Å²) in [6.07, 6.45) is 1.77. The Labute approximate surface area is 152 Å². The van der Waals surface area contributed by atoms with Crippen LogP contribution in [0.4, 0.5) is 0 Å². The minimum absolute atomic E-state index is 0.0628. The molecule has 2 N–H and O–H groups in total. The zero-order chi connectivity index (χ0) is 18.2. The number of rotatable bonds is 6. The Kier molecular flexibility index (Phi) is 4.38. The lowest BCUT2D eigenvalue weighted by molar-refractivity contribution is 0.0185. The lowest BCUT2D eigenvalue weighted by Gasteiger charge is -2.29. The second-order valence-electron chi connectivity index (χ2n) is 6.69. The van der Waals surface area contributed by atoms with E-state index in [0.29, 0.717) is 24.7 Å². The Bertz CT molecular complexity index is 895. The summed E-state index contributed by atoms with van der Waals surface area (Å²) < 4.78 is 38.9. The van der Waals surface area contributed by atoms with Gasteiger partial charge in [0.05, 0.1) is 4.90 Å². The van der Waals surface area contributed by atoms with Crippen molar-refractivity contribution >= 4 is 10.0 Å². The van der Waals surface area contributed by atoms with Gasteiger partial charge in [0.25, 0.3) is 0 Å². The topological polar surface area (TPSA) is 84.9 Å². The molecule has 0 spiro atoms. The summed E-state index contributed by atoms with van der Waals surface area (Å²) in [5, 5.41) is 11.2. The van der Waals surface area contributed by atoms with Crippen LogP contribution in [-0.4, -0.2) is 33.3 Å². The van der Waals surface area contributed by atoms with Crippen LogP contribution < -0.4 is 14.2 Å². The fourth-order valence-electron chi connectivity index (χ4n) is 3.25. The summed E-state index contributed by atoms with van der Waals surface area (Å²) in [4.78, 5) is 0.0907. The lowest BCUT2D eigenvalue weighted by atomic mass is 9.89. The van der Waals surface area contributed by atoms with Gasteiger partial charge in [-0.3, -0.25) is 0 Å². The third kappa shape index (κ3) is 3.30. The molecule has 0 amide bonds. The van der Waals surface area contributed by atoms with E-state index >= 15 is 0 Å². The molecule has 2 aliphatic rings. The number of hydrogen-bond acceptors (Lipinski definition) is 5. The molecule has 138 valence electrons. The van der Waals surface area contributed by atoms with Crippen LogP contribution in [0.3, 0.4) is 0 Å². The van der Waals surface area contributed by atoms with E-state index in [4.69, 9.17) is 9.47 Å². The Morgan fingerprint density at radius 2 is 1.73 bits per heavy atom. The van der Waals surface area contributed by atoms with Crippen LogP contribution in [0.25, 0.3) is 0 Å². The first-order valence-electron chi connectivity index (χ1n) is 8.66. The highest BCUT2D eigenvalue weighted by molar-refractivity contribution is 7.89. The molecule has 7 heteroatoms. The molecule has 0 aromatic heterocycles. The van der Waals surface area contributed by atoms with E-state index in [9.17, 15) is 13.5 Å². The van der Waals surface area contributed by atoms with Gasteiger partial charge in [0, 0.05) is 12.6 Å². The molecule has 1 atom stereocenters. The highest BCUT2D eigenvalue weighted by Crippen LogP contribution is 2.45. The average Bonchev–Trinajstić information content (AvgIpc) is 3.52. The van der Waals surface area contributed by atoms with Crippen LogP contribution in [0.5, 0.6) is 11.5 Å². The van der Waals surface area contributed by atoms with E-state index < -0.39 is 15.6 Å². The van der Waals surface area contributed by atoms with Crippen LogP contribution in [0.15, 0.2) is 53.4 Å². The van der Waals surface area contributed by atoms with Crippen LogP contribution in [0, 0.1) is 5.92 Å². The smallest absolute Gasteiger partial charge is 0.240 e. The molecular formula is C19H21NO5S. The predicted molar refractivity (Wildman–Crippen MR) is 95.7 cm³/mol. The maximum atomic E-state index is 12.7. The molecule has 2 aromatic carbocycles. The maximum absolute atomic E-state index is 12.7. The van der Waals surface area contributed by atoms with Gasteiger partial charge in [-0.15, -0.1) is 0 Å². The van der Waals surface area contributed by atoms with Crippen molar-refractivity contribution in [3.8, 4) is 11.5 Å². The highest BCUT2D eigenvalue weighted by atomic mass is 32.2. The third-order valence-electron chi connectivity index (χ3n) is 4.88. The zero-order valence-electron chi connectivity index (χ0n) is 14.2. The van der Waals surface area contributed by atoms with Gasteiger partial charge in [-0.1, -0.05) is 30.3 Å². The molecule has 1 fully saturated rings. The van der Waals surface area contributed by atoms with E-state index in [1.807, 2.05) is 30.3 Å². The molecule has 1 saturated carbocycles. The summed E-state index contributed by atoms with van der Waals surface area (Å²) in [7, 11) is -3.79. The second-order valence-corrected chi connectivity index (χ2v) is 8.46. The Balaban J connectivity index is 1.56. The number of fused-ring (bicyclic) bond motifs is 1. The average molecular weight is 375 g/mol. The van der Waals surface area contributed by atoms with E-state index in [-0.39, 0.29) is 17.4 Å². The van der Waals surface area contributed by atoms with Crippen LogP contribution in [-0.2, 0) is 15.6 Å². The van der Waals surface area contributed by atoms with Crippen molar-refractivity contribution in [2.24, 2.45) is 5.92 Å². The second kappa shape index (κ2) is 6.57. The van der Waals surface area contributed by atoms with Crippen LogP contribution in [0.2, 0.25) is 0 Å². The van der Waals surface area contributed by atoms with Crippen LogP contribution in [0.1, 0.15) is 18.4 Å². The molecule has 1 aliphatic carbocycles. The fraction of sp³-hybridized carbons (Fsp3) is 0.368. The highest BCUT2D eigenvalue weighted by Gasteiger charge is 2.45. The van der Waals surface area contributed by atoms with Gasteiger partial charge in [-0.05, 0) is 36.5 Å². The van der Waals surface area contributed by atoms with Crippen molar-refractivity contribution in [1.29, 1.82) is 0 Å². The zero-order valence-corrected chi connectivity index (χ0v) is 15.0. The van der Waals surface area contributed by atoms with Crippen molar-refractivity contribution in [3.05, 3.63) is 54.1 Å². The van der Waals surface area contributed by atoms with Gasteiger partial charge >= 0.3 is 0 Å². The van der Waals surface area contributed by atoms with Gasteiger partial charge in [0.15, 0.2) is 11.5 Å². The van der Waals surface area contributed by atoms with Gasteiger partial charge in [0.1, 0.15) is 18.8 Å². The number of aliphatic hydroxyl groups is 1. The van der Waals surface area contributed by atoms with E-state index in [2.05, 4.69) is 4.72 Å². The quantitative estimate of drug-likeness (QED) is 0.807.